The van der Waals surface area contributed by atoms with Crippen molar-refractivity contribution < 1.29 is 9.59 Å². The lowest BCUT2D eigenvalue weighted by Gasteiger charge is -2.11. The number of rotatable bonds is 10. The molecule has 0 bridgehead atoms. The van der Waals surface area contributed by atoms with Crippen LogP contribution < -0.4 is 10.6 Å². The van der Waals surface area contributed by atoms with E-state index in [1.54, 1.807) is 0 Å². The van der Waals surface area contributed by atoms with Crippen molar-refractivity contribution >= 4 is 17.5 Å². The van der Waals surface area contributed by atoms with Gasteiger partial charge in [-0.1, -0.05) is 66.7 Å². The fourth-order valence-electron chi connectivity index (χ4n) is 3.47. The molecule has 166 valence electrons. The third-order valence-electron chi connectivity index (χ3n) is 5.19. The van der Waals surface area contributed by atoms with Crippen LogP contribution in [0.2, 0.25) is 0 Å². The van der Waals surface area contributed by atoms with Crippen LogP contribution in [0.5, 0.6) is 0 Å². The molecule has 0 aliphatic rings. The summed E-state index contributed by atoms with van der Waals surface area (Å²) in [6.45, 7) is 1.44. The Morgan fingerprint density at radius 1 is 0.719 bits per heavy atom. The minimum atomic E-state index is -0.0558. The predicted molar refractivity (Wildman–Crippen MR) is 130 cm³/mol. The van der Waals surface area contributed by atoms with Gasteiger partial charge in [-0.3, -0.25) is 9.59 Å². The fraction of sp³-hybridized carbons (Fsp3) is 0.259. The van der Waals surface area contributed by atoms with Crippen LogP contribution >= 0.6 is 0 Å². The molecular weight excluding hydrogens is 398 g/mol. The first-order valence-electron chi connectivity index (χ1n) is 10.9. The van der Waals surface area contributed by atoms with E-state index in [4.69, 9.17) is 0 Å². The van der Waals surface area contributed by atoms with Crippen molar-refractivity contribution in [2.45, 2.75) is 19.3 Å². The Balaban J connectivity index is 1.53. The lowest BCUT2D eigenvalue weighted by atomic mass is 9.97. The number of carbonyl (C=O) groups is 2. The van der Waals surface area contributed by atoms with Gasteiger partial charge in [0, 0.05) is 18.8 Å². The minimum absolute atomic E-state index is 0.00124. The number of carbonyl (C=O) groups excluding carboxylic acids is 2. The van der Waals surface area contributed by atoms with Gasteiger partial charge in [0.2, 0.25) is 11.8 Å². The van der Waals surface area contributed by atoms with Crippen LogP contribution in [0.25, 0.3) is 0 Å². The van der Waals surface area contributed by atoms with Crippen molar-refractivity contribution in [1.29, 1.82) is 0 Å². The van der Waals surface area contributed by atoms with E-state index >= 15 is 0 Å². The molecule has 32 heavy (non-hydrogen) atoms. The molecule has 3 rings (SSSR count). The number of hydrogen-bond donors (Lipinski definition) is 2. The first-order chi connectivity index (χ1) is 15.5. The van der Waals surface area contributed by atoms with Crippen molar-refractivity contribution in [2.24, 2.45) is 0 Å². The predicted octanol–water partition coefficient (Wildman–Crippen LogP) is 3.68. The summed E-state index contributed by atoms with van der Waals surface area (Å²) < 4.78 is 0. The van der Waals surface area contributed by atoms with Crippen LogP contribution in [0.4, 0.5) is 5.69 Å². The molecule has 0 saturated carbocycles. The molecule has 0 unspecified atom stereocenters. The van der Waals surface area contributed by atoms with Gasteiger partial charge in [-0.05, 0) is 54.9 Å². The number of anilines is 1. The minimum Gasteiger partial charge on any atom is -0.355 e. The lowest BCUT2D eigenvalue weighted by molar-refractivity contribution is -0.120. The van der Waals surface area contributed by atoms with Gasteiger partial charge in [-0.2, -0.15) is 0 Å². The van der Waals surface area contributed by atoms with Gasteiger partial charge < -0.3 is 15.5 Å². The van der Waals surface area contributed by atoms with E-state index in [-0.39, 0.29) is 11.8 Å². The third-order valence-corrected chi connectivity index (χ3v) is 5.19. The quantitative estimate of drug-likeness (QED) is 0.517. The summed E-state index contributed by atoms with van der Waals surface area (Å²) in [5.74, 6) is -0.0571. The maximum atomic E-state index is 12.6. The Morgan fingerprint density at radius 3 is 2.06 bits per heavy atom. The van der Waals surface area contributed by atoms with Crippen molar-refractivity contribution in [3.05, 3.63) is 101 Å². The number of benzene rings is 3. The first-order valence-corrected chi connectivity index (χ1v) is 10.9. The fourth-order valence-corrected chi connectivity index (χ4v) is 3.47. The molecule has 0 spiro atoms. The third kappa shape index (κ3) is 7.67. The molecule has 0 aliphatic heterocycles. The van der Waals surface area contributed by atoms with Crippen molar-refractivity contribution in [1.82, 2.24) is 10.2 Å². The monoisotopic (exact) mass is 429 g/mol. The summed E-state index contributed by atoms with van der Waals surface area (Å²) in [4.78, 5) is 26.7. The Hall–Kier alpha value is -3.44. The molecule has 2 amide bonds. The SMILES string of the molecule is CN(C)CCNC(=O)Cc1ccc(NC(=O)Cc2ccccc2Cc2ccccc2)cc1. The number of nitrogens with one attached hydrogen (secondary N) is 2. The molecule has 5 heteroatoms. The Kier molecular flexibility index (Phi) is 8.58. The molecule has 0 fully saturated rings. The average molecular weight is 430 g/mol. The zero-order valence-electron chi connectivity index (χ0n) is 18.8. The highest BCUT2D eigenvalue weighted by Crippen LogP contribution is 2.16. The lowest BCUT2D eigenvalue weighted by Crippen LogP contribution is -2.32. The number of hydrogen-bond acceptors (Lipinski definition) is 3. The number of amides is 2. The van der Waals surface area contributed by atoms with E-state index in [1.165, 1.54) is 5.56 Å². The maximum Gasteiger partial charge on any atom is 0.228 e. The van der Waals surface area contributed by atoms with Crippen LogP contribution in [0.1, 0.15) is 22.3 Å². The largest absolute Gasteiger partial charge is 0.355 e. The van der Waals surface area contributed by atoms with E-state index in [0.29, 0.717) is 19.4 Å². The molecule has 0 aromatic heterocycles. The van der Waals surface area contributed by atoms with E-state index in [9.17, 15) is 9.59 Å². The van der Waals surface area contributed by atoms with Crippen molar-refractivity contribution in [3.8, 4) is 0 Å². The zero-order valence-corrected chi connectivity index (χ0v) is 18.8. The normalized spacial score (nSPS) is 10.7. The zero-order chi connectivity index (χ0) is 22.8. The van der Waals surface area contributed by atoms with Crippen LogP contribution in [-0.4, -0.2) is 43.9 Å². The summed E-state index contributed by atoms with van der Waals surface area (Å²) in [6, 6.07) is 25.8. The van der Waals surface area contributed by atoms with Crippen molar-refractivity contribution in [2.75, 3.05) is 32.5 Å². The van der Waals surface area contributed by atoms with E-state index < -0.39 is 0 Å². The highest BCUT2D eigenvalue weighted by Gasteiger charge is 2.10. The van der Waals surface area contributed by atoms with Gasteiger partial charge in [0.1, 0.15) is 0 Å². The average Bonchev–Trinajstić information content (AvgIpc) is 2.77. The molecule has 2 N–H and O–H groups in total. The summed E-state index contributed by atoms with van der Waals surface area (Å²) in [5.41, 5.74) is 5.05. The first kappa shape index (κ1) is 23.2. The second kappa shape index (κ2) is 11.8. The smallest absolute Gasteiger partial charge is 0.228 e. The molecule has 5 nitrogen and oxygen atoms in total. The van der Waals surface area contributed by atoms with Crippen LogP contribution in [-0.2, 0) is 28.9 Å². The van der Waals surface area contributed by atoms with Crippen molar-refractivity contribution in [3.63, 3.8) is 0 Å². The van der Waals surface area contributed by atoms with Gasteiger partial charge in [0.15, 0.2) is 0 Å². The number of nitrogens with zero attached hydrogens (tertiary/aromatic N) is 1. The van der Waals surface area contributed by atoms with Gasteiger partial charge in [-0.15, -0.1) is 0 Å². The van der Waals surface area contributed by atoms with E-state index in [0.717, 1.165) is 35.3 Å². The topological polar surface area (TPSA) is 61.4 Å². The summed E-state index contributed by atoms with van der Waals surface area (Å²) in [6.07, 6.45) is 1.45. The Labute approximate surface area is 190 Å². The van der Waals surface area contributed by atoms with Gasteiger partial charge >= 0.3 is 0 Å². The maximum absolute atomic E-state index is 12.6. The molecule has 3 aromatic rings. The summed E-state index contributed by atoms with van der Waals surface area (Å²) in [5, 5.41) is 5.87. The molecule has 0 aliphatic carbocycles. The summed E-state index contributed by atoms with van der Waals surface area (Å²) >= 11 is 0. The van der Waals surface area contributed by atoms with E-state index in [2.05, 4.69) is 28.8 Å². The standard InChI is InChI=1S/C27H31N3O2/c1-30(2)17-16-28-26(31)19-22-12-14-25(15-13-22)29-27(32)20-24-11-7-6-10-23(24)18-21-8-4-3-5-9-21/h3-15H,16-20H2,1-2H3,(H,28,31)(H,29,32). The second-order valence-corrected chi connectivity index (χ2v) is 8.18. The molecule has 0 radical (unpaired) electrons. The van der Waals surface area contributed by atoms with Gasteiger partial charge in [-0.25, -0.2) is 0 Å². The molecule has 0 saturated heterocycles. The molecule has 0 heterocycles. The van der Waals surface area contributed by atoms with Crippen LogP contribution in [0.3, 0.4) is 0 Å². The highest BCUT2D eigenvalue weighted by molar-refractivity contribution is 5.92. The van der Waals surface area contributed by atoms with Gasteiger partial charge in [0.25, 0.3) is 0 Å². The number of likely N-dealkylation sites (N-methyl/N-ethyl adjacent to an activating group) is 1. The summed E-state index contributed by atoms with van der Waals surface area (Å²) in [7, 11) is 3.95. The molecule has 3 aromatic carbocycles. The Bertz CT molecular complexity index is 1010. The van der Waals surface area contributed by atoms with E-state index in [1.807, 2.05) is 79.7 Å². The second-order valence-electron chi connectivity index (χ2n) is 8.18. The molecular formula is C27H31N3O2. The van der Waals surface area contributed by atoms with Crippen LogP contribution in [0.15, 0.2) is 78.9 Å². The highest BCUT2D eigenvalue weighted by atomic mass is 16.2. The molecule has 0 atom stereocenters. The Morgan fingerprint density at radius 2 is 1.38 bits per heavy atom. The van der Waals surface area contributed by atoms with Gasteiger partial charge in [0.05, 0.1) is 12.8 Å². The van der Waals surface area contributed by atoms with Crippen LogP contribution in [0, 0.1) is 0 Å².